The molecule has 0 spiro atoms. The number of hydrogen-bond donors (Lipinski definition) is 3. The fourth-order valence-corrected chi connectivity index (χ4v) is 5.27. The molecule has 0 atom stereocenters. The number of nitrogens with zero attached hydrogens (tertiary/aromatic N) is 3. The molecule has 1 aromatic carbocycles. The van der Waals surface area contributed by atoms with Crippen LogP contribution in [0, 0.1) is 5.92 Å². The number of allylic oxidation sites excluding steroid dienone is 4. The maximum Gasteiger partial charge on any atom is 0.116 e. The Morgan fingerprint density at radius 2 is 1.86 bits per heavy atom. The van der Waals surface area contributed by atoms with E-state index in [1.54, 1.807) is 0 Å². The molecule has 0 unspecified atom stereocenters. The van der Waals surface area contributed by atoms with E-state index < -0.39 is 0 Å². The molecule has 184 valence electrons. The lowest BCUT2D eigenvalue weighted by Gasteiger charge is -2.13. The van der Waals surface area contributed by atoms with Crippen molar-refractivity contribution in [1.29, 1.82) is 0 Å². The van der Waals surface area contributed by atoms with Gasteiger partial charge >= 0.3 is 0 Å². The highest BCUT2D eigenvalue weighted by molar-refractivity contribution is 8.03. The first-order valence-electron chi connectivity index (χ1n) is 12.3. The van der Waals surface area contributed by atoms with E-state index in [9.17, 15) is 0 Å². The molecule has 0 amide bonds. The van der Waals surface area contributed by atoms with Crippen molar-refractivity contribution in [2.24, 2.45) is 5.92 Å². The summed E-state index contributed by atoms with van der Waals surface area (Å²) in [5.41, 5.74) is 10.2. The number of nitrogens with one attached hydrogen (secondary N) is 3. The van der Waals surface area contributed by atoms with Gasteiger partial charge in [0.15, 0.2) is 0 Å². The number of rotatable bonds is 6. The molecule has 0 radical (unpaired) electrons. The van der Waals surface area contributed by atoms with E-state index in [4.69, 9.17) is 4.98 Å². The maximum absolute atomic E-state index is 4.73. The van der Waals surface area contributed by atoms with Gasteiger partial charge in [0.25, 0.3) is 0 Å². The van der Waals surface area contributed by atoms with Crippen molar-refractivity contribution in [1.82, 2.24) is 25.1 Å². The number of anilines is 1. The Balaban J connectivity index is 1.39. The Labute approximate surface area is 220 Å². The van der Waals surface area contributed by atoms with Crippen LogP contribution in [0.25, 0.3) is 49.9 Å². The van der Waals surface area contributed by atoms with Gasteiger partial charge in [-0.15, -0.1) is 11.8 Å². The van der Waals surface area contributed by atoms with Crippen molar-refractivity contribution in [3.05, 3.63) is 90.0 Å². The summed E-state index contributed by atoms with van der Waals surface area (Å²) >= 11 is 1.85. The number of thioether (sulfide) groups is 1. The molecule has 6 nitrogen and oxygen atoms in total. The Kier molecular flexibility index (Phi) is 5.93. The number of aromatic nitrogens is 5. The highest BCUT2D eigenvalue weighted by Crippen LogP contribution is 2.36. The second-order valence-electron chi connectivity index (χ2n) is 9.66. The van der Waals surface area contributed by atoms with Gasteiger partial charge in [-0.05, 0) is 59.2 Å². The van der Waals surface area contributed by atoms with Crippen LogP contribution in [0.15, 0.2) is 84.3 Å². The zero-order valence-electron chi connectivity index (χ0n) is 21.1. The van der Waals surface area contributed by atoms with Crippen molar-refractivity contribution >= 4 is 44.8 Å². The van der Waals surface area contributed by atoms with Crippen LogP contribution in [-0.2, 0) is 0 Å². The fourth-order valence-electron chi connectivity index (χ4n) is 4.49. The molecule has 1 aliphatic heterocycles. The van der Waals surface area contributed by atoms with Gasteiger partial charge < -0.3 is 10.3 Å². The Hall–Kier alpha value is -4.10. The summed E-state index contributed by atoms with van der Waals surface area (Å²) in [5, 5.41) is 13.4. The predicted molar refractivity (Wildman–Crippen MR) is 156 cm³/mol. The molecule has 1 aliphatic rings. The molecule has 3 N–H and O–H groups in total. The highest BCUT2D eigenvalue weighted by atomic mass is 32.2. The minimum Gasteiger partial charge on any atom is -0.358 e. The summed E-state index contributed by atoms with van der Waals surface area (Å²) in [6, 6.07) is 12.6. The van der Waals surface area contributed by atoms with Crippen molar-refractivity contribution in [2.45, 2.75) is 20.8 Å². The Morgan fingerprint density at radius 3 is 2.68 bits per heavy atom. The molecule has 0 saturated heterocycles. The van der Waals surface area contributed by atoms with Gasteiger partial charge in [-0.2, -0.15) is 5.10 Å². The lowest BCUT2D eigenvalue weighted by molar-refractivity contribution is 0.778. The third-order valence-electron chi connectivity index (χ3n) is 6.72. The van der Waals surface area contributed by atoms with Crippen molar-refractivity contribution in [3.63, 3.8) is 0 Å². The number of H-pyrrole nitrogens is 2. The Morgan fingerprint density at radius 1 is 1.00 bits per heavy atom. The van der Waals surface area contributed by atoms with E-state index in [1.807, 2.05) is 36.4 Å². The fraction of sp³-hybridized carbons (Fsp3) is 0.167. The Bertz CT molecular complexity index is 1720. The third-order valence-corrected chi connectivity index (χ3v) is 7.77. The van der Waals surface area contributed by atoms with Crippen molar-refractivity contribution < 1.29 is 0 Å². The molecule has 0 aliphatic carbocycles. The van der Waals surface area contributed by atoms with Gasteiger partial charge in [-0.25, -0.2) is 0 Å². The average molecular weight is 505 g/mol. The van der Waals surface area contributed by atoms with Crippen LogP contribution in [0.2, 0.25) is 0 Å². The lowest BCUT2D eigenvalue weighted by Crippen LogP contribution is -2.04. The molecule has 7 heteroatoms. The predicted octanol–water partition coefficient (Wildman–Crippen LogP) is 7.78. The molecular weight excluding hydrogens is 476 g/mol. The maximum atomic E-state index is 4.73. The second-order valence-corrected chi connectivity index (χ2v) is 10.9. The van der Waals surface area contributed by atoms with Crippen LogP contribution in [0.1, 0.15) is 26.5 Å². The van der Waals surface area contributed by atoms with E-state index in [0.717, 1.165) is 67.2 Å². The highest BCUT2D eigenvalue weighted by Gasteiger charge is 2.17. The van der Waals surface area contributed by atoms with Gasteiger partial charge in [-0.1, -0.05) is 38.6 Å². The smallest absolute Gasteiger partial charge is 0.116 e. The molecule has 4 aromatic heterocycles. The minimum atomic E-state index is 0.342. The molecule has 0 fully saturated rings. The molecule has 0 saturated carbocycles. The number of aromatic amines is 2. The zero-order chi connectivity index (χ0) is 25.5. The van der Waals surface area contributed by atoms with E-state index in [2.05, 4.69) is 95.3 Å². The van der Waals surface area contributed by atoms with Gasteiger partial charge in [-0.3, -0.25) is 15.1 Å². The molecule has 0 bridgehead atoms. The van der Waals surface area contributed by atoms with Gasteiger partial charge in [0, 0.05) is 45.7 Å². The van der Waals surface area contributed by atoms with Crippen LogP contribution < -0.4 is 5.32 Å². The van der Waals surface area contributed by atoms with Gasteiger partial charge in [0.2, 0.25) is 0 Å². The number of hydrogen-bond acceptors (Lipinski definition) is 5. The summed E-state index contributed by atoms with van der Waals surface area (Å²) in [6.45, 7) is 10.5. The first-order valence-corrected chi connectivity index (χ1v) is 13.3. The lowest BCUT2D eigenvalue weighted by atomic mass is 10.0. The van der Waals surface area contributed by atoms with Crippen LogP contribution in [0.4, 0.5) is 5.69 Å². The van der Waals surface area contributed by atoms with Crippen LogP contribution in [-0.4, -0.2) is 30.9 Å². The summed E-state index contributed by atoms with van der Waals surface area (Å²) in [7, 11) is 0. The van der Waals surface area contributed by atoms with E-state index in [-0.39, 0.29) is 0 Å². The van der Waals surface area contributed by atoms with E-state index in [1.165, 1.54) is 10.5 Å². The largest absolute Gasteiger partial charge is 0.358 e. The summed E-state index contributed by atoms with van der Waals surface area (Å²) in [5.74, 6) is 1.27. The van der Waals surface area contributed by atoms with Crippen molar-refractivity contribution in [2.75, 3.05) is 11.1 Å². The normalized spacial score (nSPS) is 13.7. The standard InChI is InChI=1S/C30H28N6S/c1-17(2)19(4)33-23-11-22(14-31-15-23)20-7-8-27-24(12-20)30(36-35-27)28-13-25-26(34-28)9-10-32-29(25)21-6-5-18(3)37-16-21/h5-15,17,33-34H,4,16H2,1-3H3,(H,35,36). The van der Waals surface area contributed by atoms with E-state index >= 15 is 0 Å². The number of benzene rings is 1. The molecular formula is C30H28N6S. The molecule has 6 rings (SSSR count). The quantitative estimate of drug-likeness (QED) is 0.220. The van der Waals surface area contributed by atoms with Crippen LogP contribution >= 0.6 is 11.8 Å². The first kappa shape index (κ1) is 23.3. The number of fused-ring (bicyclic) bond motifs is 2. The zero-order valence-corrected chi connectivity index (χ0v) is 21.9. The topological polar surface area (TPSA) is 82.3 Å². The monoisotopic (exact) mass is 504 g/mol. The second kappa shape index (κ2) is 9.41. The van der Waals surface area contributed by atoms with Gasteiger partial charge in [0.05, 0.1) is 28.8 Å². The molecule has 37 heavy (non-hydrogen) atoms. The summed E-state index contributed by atoms with van der Waals surface area (Å²) in [6.07, 6.45) is 9.93. The molecule has 5 aromatic rings. The minimum absolute atomic E-state index is 0.342. The summed E-state index contributed by atoms with van der Waals surface area (Å²) in [4.78, 5) is 14.1. The third kappa shape index (κ3) is 4.47. The van der Waals surface area contributed by atoms with Crippen molar-refractivity contribution in [3.8, 4) is 22.5 Å². The number of pyridine rings is 2. The first-order chi connectivity index (χ1) is 18.0. The van der Waals surface area contributed by atoms with Crippen LogP contribution in [0.3, 0.4) is 0 Å². The average Bonchev–Trinajstić information content (AvgIpc) is 3.53. The summed E-state index contributed by atoms with van der Waals surface area (Å²) < 4.78 is 0. The van der Waals surface area contributed by atoms with Crippen LogP contribution in [0.5, 0.6) is 0 Å². The SMILES string of the molecule is C=C(Nc1cncc(-c2ccc3[nH]nc(-c4cc5c(C6=CC=C(C)SC6)nccc5[nH]4)c3c2)c1)C(C)C. The van der Waals surface area contributed by atoms with Gasteiger partial charge in [0.1, 0.15) is 5.69 Å². The molecule has 5 heterocycles. The van der Waals surface area contributed by atoms with E-state index in [0.29, 0.717) is 5.92 Å².